The second-order valence-electron chi connectivity index (χ2n) is 7.92. The highest BCUT2D eigenvalue weighted by molar-refractivity contribution is 7.90. The fourth-order valence-corrected chi connectivity index (χ4v) is 3.69. The lowest BCUT2D eigenvalue weighted by Gasteiger charge is -2.18. The van der Waals surface area contributed by atoms with Gasteiger partial charge in [0.05, 0.1) is 4.90 Å². The fourth-order valence-electron chi connectivity index (χ4n) is 2.01. The molecule has 0 aromatic heterocycles. The number of hydrogen-bond donors (Lipinski definition) is 0. The second kappa shape index (κ2) is 8.13. The van der Waals surface area contributed by atoms with Crippen molar-refractivity contribution in [2.24, 2.45) is 9.81 Å². The molecule has 0 atom stereocenters. The highest BCUT2D eigenvalue weighted by Crippen LogP contribution is 2.22. The van der Waals surface area contributed by atoms with Crippen molar-refractivity contribution in [3.63, 3.8) is 0 Å². The third kappa shape index (κ3) is 7.94. The largest absolute Gasteiger partial charge is 0.281 e. The third-order valence-corrected chi connectivity index (χ3v) is 5.62. The molecule has 132 valence electrons. The van der Waals surface area contributed by atoms with Crippen LogP contribution in [0.2, 0.25) is 19.6 Å². The van der Waals surface area contributed by atoms with Gasteiger partial charge in [0.2, 0.25) is 0 Å². The van der Waals surface area contributed by atoms with E-state index >= 15 is 0 Å². The van der Waals surface area contributed by atoms with E-state index in [1.165, 1.54) is 0 Å². The zero-order valence-corrected chi connectivity index (χ0v) is 17.5. The van der Waals surface area contributed by atoms with Crippen LogP contribution in [0.15, 0.2) is 33.6 Å². The summed E-state index contributed by atoms with van der Waals surface area (Å²) in [4.78, 5) is 0.237. The van der Waals surface area contributed by atoms with Gasteiger partial charge in [-0.2, -0.15) is 12.8 Å². The van der Waals surface area contributed by atoms with Crippen molar-refractivity contribution in [3.05, 3.63) is 29.8 Å². The van der Waals surface area contributed by atoms with Gasteiger partial charge in [-0.25, -0.2) is 0 Å². The summed E-state index contributed by atoms with van der Waals surface area (Å²) < 4.78 is 28.4. The molecule has 0 saturated carbocycles. The average Bonchev–Trinajstić information content (AvgIpc) is 2.44. The average molecular weight is 364 g/mol. The van der Waals surface area contributed by atoms with E-state index in [2.05, 4.69) is 35.5 Å². The van der Waals surface area contributed by atoms with Crippen LogP contribution in [0.5, 0.6) is 0 Å². The van der Waals surface area contributed by atoms with E-state index in [0.717, 1.165) is 24.8 Å². The Kier molecular flexibility index (Phi) is 7.00. The van der Waals surface area contributed by atoms with Crippen molar-refractivity contribution in [3.8, 4) is 11.5 Å². The molecule has 3 nitrogen and oxygen atoms in total. The summed E-state index contributed by atoms with van der Waals surface area (Å²) in [5.74, 6) is 3.25. The molecule has 0 radical (unpaired) electrons. The van der Waals surface area contributed by atoms with Gasteiger partial charge in [-0.15, -0.1) is 11.5 Å². The molecule has 24 heavy (non-hydrogen) atoms. The Hall–Kier alpha value is -1.38. The Labute approximate surface area is 148 Å². The SMILES string of the molecule is Cc1ccc(S(=O)(=O)/N=C/C(C)(C)CCCC#C[Si](C)(C)C)cc1. The molecule has 0 aliphatic carbocycles. The van der Waals surface area contributed by atoms with Crippen molar-refractivity contribution in [1.82, 2.24) is 0 Å². The summed E-state index contributed by atoms with van der Waals surface area (Å²) in [7, 11) is -4.92. The summed E-state index contributed by atoms with van der Waals surface area (Å²) in [5.41, 5.74) is 4.11. The van der Waals surface area contributed by atoms with E-state index in [4.69, 9.17) is 0 Å². The lowest BCUT2D eigenvalue weighted by molar-refractivity contribution is 0.471. The Bertz CT molecular complexity index is 730. The van der Waals surface area contributed by atoms with Gasteiger partial charge >= 0.3 is 0 Å². The Morgan fingerprint density at radius 1 is 1.17 bits per heavy atom. The molecule has 1 aromatic carbocycles. The molecule has 5 heteroatoms. The van der Waals surface area contributed by atoms with E-state index in [0.29, 0.717) is 0 Å². The van der Waals surface area contributed by atoms with E-state index < -0.39 is 18.1 Å². The smallest absolute Gasteiger partial charge is 0.199 e. The van der Waals surface area contributed by atoms with Crippen LogP contribution in [0.3, 0.4) is 0 Å². The quantitative estimate of drug-likeness (QED) is 0.314. The van der Waals surface area contributed by atoms with Crippen LogP contribution >= 0.6 is 0 Å². The number of rotatable bonds is 6. The van der Waals surface area contributed by atoms with Crippen molar-refractivity contribution in [1.29, 1.82) is 0 Å². The minimum atomic E-state index is -3.62. The number of hydrogen-bond acceptors (Lipinski definition) is 2. The van der Waals surface area contributed by atoms with Gasteiger partial charge in [-0.3, -0.25) is 0 Å². The van der Waals surface area contributed by atoms with Crippen molar-refractivity contribution >= 4 is 24.3 Å². The molecule has 0 N–H and O–H groups in total. The van der Waals surface area contributed by atoms with Crippen LogP contribution in [0.25, 0.3) is 0 Å². The molecular weight excluding hydrogens is 334 g/mol. The number of aryl methyl sites for hydroxylation is 1. The summed E-state index contributed by atoms with van der Waals surface area (Å²) >= 11 is 0. The summed E-state index contributed by atoms with van der Waals surface area (Å²) in [6.45, 7) is 12.6. The second-order valence-corrected chi connectivity index (χ2v) is 14.3. The van der Waals surface area contributed by atoms with E-state index in [1.807, 2.05) is 20.8 Å². The van der Waals surface area contributed by atoms with Crippen LogP contribution in [0, 0.1) is 23.8 Å². The number of nitrogens with zero attached hydrogens (tertiary/aromatic N) is 1. The van der Waals surface area contributed by atoms with Crippen molar-refractivity contribution in [2.75, 3.05) is 0 Å². The van der Waals surface area contributed by atoms with Crippen LogP contribution in [0.1, 0.15) is 38.7 Å². The van der Waals surface area contributed by atoms with Crippen molar-refractivity contribution < 1.29 is 8.42 Å². The first-order chi connectivity index (χ1) is 10.9. The molecule has 0 aliphatic heterocycles. The minimum absolute atomic E-state index is 0.237. The maximum atomic E-state index is 12.3. The molecule has 0 saturated heterocycles. The Balaban J connectivity index is 2.66. The standard InChI is InChI=1S/C19H29NO2SSi/c1-17-10-12-18(13-11-17)23(21,22)20-16-19(2,3)14-8-7-9-15-24(4,5)6/h10-13,16H,7-8,14H2,1-6H3/b20-16+. The Morgan fingerprint density at radius 3 is 2.29 bits per heavy atom. The molecule has 0 bridgehead atoms. The highest BCUT2D eigenvalue weighted by Gasteiger charge is 2.18. The van der Waals surface area contributed by atoms with E-state index in [-0.39, 0.29) is 10.3 Å². The molecule has 0 aliphatic rings. The fraction of sp³-hybridized carbons (Fsp3) is 0.526. The summed E-state index contributed by atoms with van der Waals surface area (Å²) in [6.07, 6.45) is 4.22. The molecule has 0 unspecified atom stereocenters. The third-order valence-electron chi connectivity index (χ3n) is 3.45. The molecule has 1 rings (SSSR count). The van der Waals surface area contributed by atoms with Crippen molar-refractivity contribution in [2.45, 2.75) is 64.6 Å². The van der Waals surface area contributed by atoms with Crippen LogP contribution in [-0.2, 0) is 10.0 Å². The monoisotopic (exact) mass is 363 g/mol. The Morgan fingerprint density at radius 2 is 1.75 bits per heavy atom. The first kappa shape index (κ1) is 20.7. The molecular formula is C19H29NO2SSi. The summed E-state index contributed by atoms with van der Waals surface area (Å²) in [5, 5.41) is 0. The lowest BCUT2D eigenvalue weighted by atomic mass is 9.89. The highest BCUT2D eigenvalue weighted by atomic mass is 32.2. The van der Waals surface area contributed by atoms with Gasteiger partial charge in [0.1, 0.15) is 8.07 Å². The lowest BCUT2D eigenvalue weighted by Crippen LogP contribution is -2.16. The van der Waals surface area contributed by atoms with Crippen LogP contribution in [-0.4, -0.2) is 22.7 Å². The van der Waals surface area contributed by atoms with Crippen LogP contribution < -0.4 is 0 Å². The van der Waals surface area contributed by atoms with Gasteiger partial charge in [0.15, 0.2) is 0 Å². The zero-order valence-electron chi connectivity index (χ0n) is 15.7. The summed E-state index contributed by atoms with van der Waals surface area (Å²) in [6, 6.07) is 6.76. The number of sulfonamides is 1. The maximum Gasteiger partial charge on any atom is 0.281 e. The maximum absolute atomic E-state index is 12.3. The van der Waals surface area contributed by atoms with E-state index in [1.54, 1.807) is 30.5 Å². The topological polar surface area (TPSA) is 46.5 Å². The number of benzene rings is 1. The predicted octanol–water partition coefficient (Wildman–Crippen LogP) is 4.83. The van der Waals surface area contributed by atoms with Gasteiger partial charge in [0.25, 0.3) is 10.0 Å². The van der Waals surface area contributed by atoms with Gasteiger partial charge in [0, 0.05) is 18.1 Å². The van der Waals surface area contributed by atoms with Gasteiger partial charge < -0.3 is 0 Å². The zero-order chi connectivity index (χ0) is 18.4. The molecule has 0 spiro atoms. The number of unbranched alkanes of at least 4 members (excludes halogenated alkanes) is 1. The first-order valence-electron chi connectivity index (χ1n) is 8.30. The molecule has 1 aromatic rings. The minimum Gasteiger partial charge on any atom is -0.199 e. The van der Waals surface area contributed by atoms with Crippen LogP contribution in [0.4, 0.5) is 0 Å². The molecule has 0 fully saturated rings. The van der Waals surface area contributed by atoms with Gasteiger partial charge in [-0.1, -0.05) is 51.2 Å². The molecule has 0 heterocycles. The van der Waals surface area contributed by atoms with E-state index in [9.17, 15) is 8.42 Å². The molecule has 0 amide bonds. The van der Waals surface area contributed by atoms with Gasteiger partial charge in [-0.05, 0) is 31.9 Å². The predicted molar refractivity (Wildman–Crippen MR) is 106 cm³/mol. The normalized spacial score (nSPS) is 12.9. The first-order valence-corrected chi connectivity index (χ1v) is 13.2.